The van der Waals surface area contributed by atoms with E-state index in [4.69, 9.17) is 11.3 Å². The summed E-state index contributed by atoms with van der Waals surface area (Å²) >= 11 is 0. The van der Waals surface area contributed by atoms with Gasteiger partial charge in [-0.25, -0.2) is 0 Å². The maximum atomic E-state index is 6.57. The zero-order valence-corrected chi connectivity index (χ0v) is 4.79. The van der Waals surface area contributed by atoms with E-state index < -0.39 is 0 Å². The summed E-state index contributed by atoms with van der Waals surface area (Å²) in [4.78, 5) is 3.21. The fraction of sp³-hybridized carbons (Fsp3) is 0.800. The van der Waals surface area contributed by atoms with Crippen molar-refractivity contribution in [3.8, 4) is 0 Å². The molecule has 0 saturated carbocycles. The van der Waals surface area contributed by atoms with Gasteiger partial charge in [0.1, 0.15) is 6.04 Å². The lowest BCUT2D eigenvalue weighted by Crippen LogP contribution is -2.43. The van der Waals surface area contributed by atoms with Gasteiger partial charge < -0.3 is 4.74 Å². The average molecular weight is 112 g/mol. The van der Waals surface area contributed by atoms with Gasteiger partial charge >= 0.3 is 0 Å². The molecular weight excluding hydrogens is 104 g/mol. The molecule has 1 heterocycles. The molecule has 1 aliphatic heterocycles. The van der Waals surface area contributed by atoms with Crippen LogP contribution in [0.25, 0.3) is 4.95 Å². The normalized spacial score (nSPS) is 19.0. The van der Waals surface area contributed by atoms with E-state index in [-0.39, 0.29) is 0 Å². The average Bonchev–Trinajstić information content (AvgIpc) is 1.62. The lowest BCUT2D eigenvalue weighted by atomic mass is 10.3. The van der Waals surface area contributed by atoms with Gasteiger partial charge in [0.2, 0.25) is 0 Å². The molecule has 0 N–H and O–H groups in total. The smallest absolute Gasteiger partial charge is 0.143 e. The van der Waals surface area contributed by atoms with Crippen LogP contribution in [-0.2, 0) is 4.74 Å². The van der Waals surface area contributed by atoms with Gasteiger partial charge in [-0.1, -0.05) is 0 Å². The molecule has 44 valence electrons. The minimum absolute atomic E-state index is 0.354. The minimum atomic E-state index is 0.354. The lowest BCUT2D eigenvalue weighted by Gasteiger charge is -2.26. The fourth-order valence-electron chi connectivity index (χ4n) is 0.521. The van der Waals surface area contributed by atoms with E-state index in [0.29, 0.717) is 6.04 Å². The standard InChI is InChI=1S/C5H8N2O/c1-6-7(2)5-3-8-4-5/h5H,3-4H2,2H3. The molecule has 0 radical (unpaired) electrons. The zero-order chi connectivity index (χ0) is 5.98. The van der Waals surface area contributed by atoms with Gasteiger partial charge in [0.25, 0.3) is 0 Å². The van der Waals surface area contributed by atoms with Crippen LogP contribution in [0.1, 0.15) is 0 Å². The van der Waals surface area contributed by atoms with E-state index in [9.17, 15) is 0 Å². The summed E-state index contributed by atoms with van der Waals surface area (Å²) in [6.45, 7) is 8.01. The largest absolute Gasteiger partial charge is 0.376 e. The Morgan fingerprint density at radius 2 is 2.38 bits per heavy atom. The quantitative estimate of drug-likeness (QED) is 0.355. The molecule has 1 aliphatic rings. The summed E-state index contributed by atoms with van der Waals surface area (Å²) in [6, 6.07) is 0.354. The minimum Gasteiger partial charge on any atom is -0.376 e. The van der Waals surface area contributed by atoms with E-state index in [1.54, 1.807) is 12.1 Å². The number of hydrogen-bond donors (Lipinski definition) is 0. The highest BCUT2D eigenvalue weighted by molar-refractivity contribution is 4.75. The SMILES string of the molecule is [C-]#[N+]N(C)C1COC1. The van der Waals surface area contributed by atoms with Crippen LogP contribution in [0.2, 0.25) is 0 Å². The first-order chi connectivity index (χ1) is 3.84. The molecule has 0 atom stereocenters. The Labute approximate surface area is 48.6 Å². The topological polar surface area (TPSA) is 16.8 Å². The Hall–Kier alpha value is -0.750. The number of likely N-dealkylation sites (N-methyl/N-ethyl adjacent to an activating group) is 1. The van der Waals surface area contributed by atoms with Crippen LogP contribution in [0.5, 0.6) is 0 Å². The van der Waals surface area contributed by atoms with Crippen molar-refractivity contribution in [2.75, 3.05) is 20.3 Å². The highest BCUT2D eigenvalue weighted by atomic mass is 16.5. The summed E-state index contributed by atoms with van der Waals surface area (Å²) in [5, 5.41) is 1.60. The third kappa shape index (κ3) is 0.749. The molecule has 3 heteroatoms. The predicted molar refractivity (Wildman–Crippen MR) is 29.0 cm³/mol. The van der Waals surface area contributed by atoms with Crippen LogP contribution < -0.4 is 0 Å². The molecule has 3 nitrogen and oxygen atoms in total. The molecule has 0 aromatic carbocycles. The van der Waals surface area contributed by atoms with Gasteiger partial charge in [-0.15, -0.1) is 5.01 Å². The monoisotopic (exact) mass is 112 g/mol. The van der Waals surface area contributed by atoms with Gasteiger partial charge in [-0.05, 0) is 0 Å². The molecule has 0 spiro atoms. The van der Waals surface area contributed by atoms with Crippen molar-refractivity contribution in [3.05, 3.63) is 11.5 Å². The summed E-state index contributed by atoms with van der Waals surface area (Å²) in [5.74, 6) is 0. The number of nitrogens with zero attached hydrogens (tertiary/aromatic N) is 2. The molecule has 8 heavy (non-hydrogen) atoms. The van der Waals surface area contributed by atoms with E-state index in [2.05, 4.69) is 4.95 Å². The first kappa shape index (κ1) is 5.39. The Morgan fingerprint density at radius 3 is 2.50 bits per heavy atom. The van der Waals surface area contributed by atoms with Crippen LogP contribution in [0.4, 0.5) is 0 Å². The first-order valence-corrected chi connectivity index (χ1v) is 2.52. The molecule has 1 fully saturated rings. The van der Waals surface area contributed by atoms with E-state index in [1.165, 1.54) is 0 Å². The summed E-state index contributed by atoms with van der Waals surface area (Å²) in [6.07, 6.45) is 0. The maximum absolute atomic E-state index is 6.57. The van der Waals surface area contributed by atoms with Gasteiger partial charge in [-0.3, -0.25) is 0 Å². The zero-order valence-electron chi connectivity index (χ0n) is 4.79. The summed E-state index contributed by atoms with van der Waals surface area (Å²) < 4.78 is 4.87. The highest BCUT2D eigenvalue weighted by Gasteiger charge is 2.25. The third-order valence-electron chi connectivity index (χ3n) is 1.31. The molecule has 0 aromatic rings. The Kier molecular flexibility index (Phi) is 1.36. The lowest BCUT2D eigenvalue weighted by molar-refractivity contribution is -0.0420. The highest BCUT2D eigenvalue weighted by Crippen LogP contribution is 2.07. The van der Waals surface area contributed by atoms with E-state index >= 15 is 0 Å². The number of rotatable bonds is 1. The Balaban J connectivity index is 2.26. The van der Waals surface area contributed by atoms with Gasteiger partial charge in [0, 0.05) is 0 Å². The second-order valence-corrected chi connectivity index (χ2v) is 1.86. The second-order valence-electron chi connectivity index (χ2n) is 1.86. The number of ether oxygens (including phenoxy) is 1. The van der Waals surface area contributed by atoms with Gasteiger partial charge in [0.15, 0.2) is 0 Å². The van der Waals surface area contributed by atoms with Crippen molar-refractivity contribution in [2.45, 2.75) is 6.04 Å². The molecular formula is C5H8N2O. The van der Waals surface area contributed by atoms with Crippen LogP contribution in [-0.4, -0.2) is 31.3 Å². The maximum Gasteiger partial charge on any atom is 0.143 e. The van der Waals surface area contributed by atoms with Crippen LogP contribution in [0.3, 0.4) is 0 Å². The summed E-state index contributed by atoms with van der Waals surface area (Å²) in [5.41, 5.74) is 0. The van der Waals surface area contributed by atoms with E-state index in [1.807, 2.05) is 0 Å². The van der Waals surface area contributed by atoms with Crippen LogP contribution in [0.15, 0.2) is 0 Å². The van der Waals surface area contributed by atoms with Crippen molar-refractivity contribution in [3.63, 3.8) is 0 Å². The Bertz CT molecular complexity index is 114. The predicted octanol–water partition coefficient (Wildman–Crippen LogP) is 0.151. The van der Waals surface area contributed by atoms with Crippen molar-refractivity contribution in [1.82, 2.24) is 5.01 Å². The molecule has 0 unspecified atom stereocenters. The molecule has 0 bridgehead atoms. The molecule has 0 aliphatic carbocycles. The van der Waals surface area contributed by atoms with Gasteiger partial charge in [0.05, 0.1) is 20.3 Å². The molecule has 0 amide bonds. The number of hydrogen-bond acceptors (Lipinski definition) is 2. The molecule has 0 aromatic heterocycles. The Morgan fingerprint density at radius 1 is 1.75 bits per heavy atom. The summed E-state index contributed by atoms with van der Waals surface area (Å²) in [7, 11) is 1.78. The fourth-order valence-corrected chi connectivity index (χ4v) is 0.521. The molecule has 1 rings (SSSR count). The molecule has 1 saturated heterocycles. The van der Waals surface area contributed by atoms with Crippen molar-refractivity contribution >= 4 is 0 Å². The van der Waals surface area contributed by atoms with Crippen molar-refractivity contribution < 1.29 is 4.74 Å². The third-order valence-corrected chi connectivity index (χ3v) is 1.31. The van der Waals surface area contributed by atoms with E-state index in [0.717, 1.165) is 13.2 Å². The van der Waals surface area contributed by atoms with Crippen molar-refractivity contribution in [1.29, 1.82) is 0 Å². The van der Waals surface area contributed by atoms with Crippen LogP contribution in [0, 0.1) is 6.57 Å². The van der Waals surface area contributed by atoms with Crippen molar-refractivity contribution in [2.24, 2.45) is 0 Å². The second kappa shape index (κ2) is 2.01. The van der Waals surface area contributed by atoms with Gasteiger partial charge in [-0.2, -0.15) is 11.5 Å². The van der Waals surface area contributed by atoms with Crippen LogP contribution >= 0.6 is 0 Å². The first-order valence-electron chi connectivity index (χ1n) is 2.52.